The van der Waals surface area contributed by atoms with Gasteiger partial charge in [0.2, 0.25) is 11.2 Å². The molecule has 40 heavy (non-hydrogen) atoms. The van der Waals surface area contributed by atoms with Crippen molar-refractivity contribution in [2.75, 3.05) is 0 Å². The average Bonchev–Trinajstić information content (AvgIpc) is 3.21. The predicted octanol–water partition coefficient (Wildman–Crippen LogP) is 9.93. The van der Waals surface area contributed by atoms with Crippen molar-refractivity contribution in [3.05, 3.63) is 114 Å². The Morgan fingerprint density at radius 3 is 2.15 bits per heavy atom. The van der Waals surface area contributed by atoms with E-state index in [0.29, 0.717) is 5.92 Å². The molecule has 0 saturated heterocycles. The van der Waals surface area contributed by atoms with E-state index in [2.05, 4.69) is 106 Å². The minimum Gasteiger partial charge on any atom is -0.207 e. The van der Waals surface area contributed by atoms with E-state index in [4.69, 9.17) is 0 Å². The lowest BCUT2D eigenvalue weighted by Gasteiger charge is -2.41. The third-order valence-corrected chi connectivity index (χ3v) is 10.2. The molecule has 2 heteroatoms. The van der Waals surface area contributed by atoms with E-state index >= 15 is 0 Å². The Bertz CT molecular complexity index is 1790. The van der Waals surface area contributed by atoms with Gasteiger partial charge in [-0.25, -0.2) is 4.39 Å². The highest BCUT2D eigenvalue weighted by Gasteiger charge is 2.52. The minimum atomic E-state index is -0.190. The molecule has 0 fully saturated rings. The van der Waals surface area contributed by atoms with Gasteiger partial charge in [0.05, 0.1) is 10.9 Å². The number of rotatable bonds is 4. The van der Waals surface area contributed by atoms with Crippen molar-refractivity contribution in [1.29, 1.82) is 0 Å². The molecule has 4 aromatic carbocycles. The SMILES string of the molecule is CCC1c2cc3c(cc2-c2cc(-c4ccccc4)c4cc(F)ccc4[n+]2C1(CC)CC)C(C)(C)c1ccccc1-3. The number of halogens is 1. The summed E-state index contributed by atoms with van der Waals surface area (Å²) < 4.78 is 17.5. The van der Waals surface area contributed by atoms with Gasteiger partial charge < -0.3 is 0 Å². The van der Waals surface area contributed by atoms with Gasteiger partial charge in [-0.1, -0.05) is 89.2 Å². The largest absolute Gasteiger partial charge is 0.214 e. The molecule has 1 aliphatic heterocycles. The molecular weight excluding hydrogens is 489 g/mol. The van der Waals surface area contributed by atoms with Gasteiger partial charge in [-0.05, 0) is 64.1 Å². The maximum atomic E-state index is 14.9. The quantitative estimate of drug-likeness (QED) is 0.205. The molecule has 2 aliphatic rings. The fraction of sp³-hybridized carbons (Fsp3) is 0.289. The van der Waals surface area contributed by atoms with Gasteiger partial charge in [0.1, 0.15) is 5.82 Å². The van der Waals surface area contributed by atoms with Crippen LogP contribution in [0.4, 0.5) is 4.39 Å². The van der Waals surface area contributed by atoms with Crippen molar-refractivity contribution in [2.24, 2.45) is 0 Å². The lowest BCUT2D eigenvalue weighted by Crippen LogP contribution is -2.62. The summed E-state index contributed by atoms with van der Waals surface area (Å²) in [6, 6.07) is 32.2. The number of hydrogen-bond acceptors (Lipinski definition) is 0. The molecule has 0 bridgehead atoms. The standard InChI is InChI=1S/C38H37FN/c1-6-32-29-21-28-26-16-12-13-17-33(26)37(4,5)34(28)22-31(29)36-23-27(24-14-10-9-11-15-24)30-20-25(39)18-19-35(30)40(36)38(32,7-2)8-3/h9-23,32H,6-8H2,1-5H3/q+1. The van der Waals surface area contributed by atoms with Gasteiger partial charge in [0.25, 0.3) is 0 Å². The van der Waals surface area contributed by atoms with Crippen molar-refractivity contribution in [2.45, 2.75) is 70.8 Å². The lowest BCUT2D eigenvalue weighted by atomic mass is 9.67. The smallest absolute Gasteiger partial charge is 0.207 e. The van der Waals surface area contributed by atoms with Gasteiger partial charge >= 0.3 is 0 Å². The number of hydrogen-bond donors (Lipinski definition) is 0. The number of nitrogens with zero attached hydrogens (tertiary/aromatic N) is 1. The maximum Gasteiger partial charge on any atom is 0.214 e. The average molecular weight is 527 g/mol. The van der Waals surface area contributed by atoms with Crippen molar-refractivity contribution >= 4 is 10.9 Å². The molecule has 1 aliphatic carbocycles. The van der Waals surface area contributed by atoms with Crippen LogP contribution < -0.4 is 4.57 Å². The monoisotopic (exact) mass is 526 g/mol. The van der Waals surface area contributed by atoms with E-state index in [0.717, 1.165) is 41.3 Å². The molecule has 0 spiro atoms. The van der Waals surface area contributed by atoms with Crippen LogP contribution in [0.3, 0.4) is 0 Å². The van der Waals surface area contributed by atoms with E-state index in [9.17, 15) is 4.39 Å². The summed E-state index contributed by atoms with van der Waals surface area (Å²) in [6.45, 7) is 11.7. The van der Waals surface area contributed by atoms with E-state index in [-0.39, 0.29) is 16.8 Å². The highest BCUT2D eigenvalue weighted by atomic mass is 19.1. The first-order valence-electron chi connectivity index (χ1n) is 14.9. The Kier molecular flexibility index (Phi) is 5.58. The third kappa shape index (κ3) is 3.22. The second kappa shape index (κ2) is 8.86. The molecule has 1 atom stereocenters. The summed E-state index contributed by atoms with van der Waals surface area (Å²) >= 11 is 0. The second-order valence-electron chi connectivity index (χ2n) is 12.2. The lowest BCUT2D eigenvalue weighted by molar-refractivity contribution is -0.740. The van der Waals surface area contributed by atoms with Crippen LogP contribution in [0.1, 0.15) is 76.5 Å². The van der Waals surface area contributed by atoms with E-state index < -0.39 is 0 Å². The number of fused-ring (bicyclic) bond motifs is 8. The molecular formula is C38H37FN+. The Balaban J connectivity index is 1.65. The van der Waals surface area contributed by atoms with Crippen LogP contribution in [-0.2, 0) is 11.0 Å². The summed E-state index contributed by atoms with van der Waals surface area (Å²) in [5.74, 6) is 0.163. The van der Waals surface area contributed by atoms with Crippen molar-refractivity contribution in [3.63, 3.8) is 0 Å². The number of pyridine rings is 1. The summed E-state index contributed by atoms with van der Waals surface area (Å²) in [4.78, 5) is 0. The van der Waals surface area contributed by atoms with Crippen molar-refractivity contribution in [3.8, 4) is 33.5 Å². The Labute approximate surface area is 237 Å². The Morgan fingerprint density at radius 2 is 1.43 bits per heavy atom. The molecule has 1 aromatic heterocycles. The molecule has 1 unspecified atom stereocenters. The van der Waals surface area contributed by atoms with Gasteiger partial charge in [0.15, 0.2) is 5.54 Å². The van der Waals surface area contributed by atoms with Gasteiger partial charge in [0, 0.05) is 41.9 Å². The van der Waals surface area contributed by atoms with Crippen LogP contribution in [0.25, 0.3) is 44.4 Å². The number of aromatic nitrogens is 1. The summed E-state index contributed by atoms with van der Waals surface area (Å²) in [5.41, 5.74) is 12.7. The first-order valence-corrected chi connectivity index (χ1v) is 14.9. The highest BCUT2D eigenvalue weighted by Crippen LogP contribution is 2.55. The second-order valence-corrected chi connectivity index (χ2v) is 12.2. The molecule has 0 N–H and O–H groups in total. The maximum absolute atomic E-state index is 14.9. The topological polar surface area (TPSA) is 3.88 Å². The molecule has 0 saturated carbocycles. The number of benzene rings is 4. The van der Waals surface area contributed by atoms with Crippen molar-refractivity contribution in [1.82, 2.24) is 0 Å². The fourth-order valence-corrected chi connectivity index (χ4v) is 8.24. The molecule has 0 amide bonds. The van der Waals surface area contributed by atoms with Gasteiger partial charge in [-0.2, -0.15) is 4.57 Å². The predicted molar refractivity (Wildman–Crippen MR) is 164 cm³/mol. The molecule has 0 radical (unpaired) electrons. The van der Waals surface area contributed by atoms with E-state index in [1.165, 1.54) is 39.1 Å². The van der Waals surface area contributed by atoms with Crippen LogP contribution in [0.15, 0.2) is 91.0 Å². The van der Waals surface area contributed by atoms with Crippen LogP contribution >= 0.6 is 0 Å². The zero-order valence-corrected chi connectivity index (χ0v) is 24.2. The molecule has 200 valence electrons. The van der Waals surface area contributed by atoms with Crippen molar-refractivity contribution < 1.29 is 8.96 Å². The van der Waals surface area contributed by atoms with Gasteiger partial charge in [-0.3, -0.25) is 0 Å². The minimum absolute atomic E-state index is 0.0697. The van der Waals surface area contributed by atoms with Crippen LogP contribution in [0, 0.1) is 5.82 Å². The van der Waals surface area contributed by atoms with Crippen LogP contribution in [0.5, 0.6) is 0 Å². The first-order chi connectivity index (χ1) is 19.4. The zero-order chi connectivity index (χ0) is 27.8. The van der Waals surface area contributed by atoms with Gasteiger partial charge in [-0.15, -0.1) is 0 Å². The zero-order valence-electron chi connectivity index (χ0n) is 24.2. The normalized spacial score (nSPS) is 17.7. The highest BCUT2D eigenvalue weighted by molar-refractivity contribution is 5.95. The summed E-state index contributed by atoms with van der Waals surface area (Å²) in [6.07, 6.45) is 3.07. The summed E-state index contributed by atoms with van der Waals surface area (Å²) in [5, 5.41) is 0.980. The third-order valence-electron chi connectivity index (χ3n) is 10.2. The van der Waals surface area contributed by atoms with E-state index in [1.54, 1.807) is 12.1 Å². The summed E-state index contributed by atoms with van der Waals surface area (Å²) in [7, 11) is 0. The Hall–Kier alpha value is -3.78. The Morgan fingerprint density at radius 1 is 0.700 bits per heavy atom. The first kappa shape index (κ1) is 25.2. The fourth-order valence-electron chi connectivity index (χ4n) is 8.24. The van der Waals surface area contributed by atoms with Crippen LogP contribution in [-0.4, -0.2) is 0 Å². The van der Waals surface area contributed by atoms with E-state index in [1.807, 2.05) is 12.1 Å². The van der Waals surface area contributed by atoms with Crippen LogP contribution in [0.2, 0.25) is 0 Å². The molecule has 5 aromatic rings. The molecule has 1 nitrogen and oxygen atoms in total. The molecule has 7 rings (SSSR count). The molecule has 2 heterocycles.